The molecule has 152 valence electrons. The molecule has 2 aromatic rings. The van der Waals surface area contributed by atoms with Crippen molar-refractivity contribution in [3.63, 3.8) is 0 Å². The Balaban J connectivity index is 1.34. The van der Waals surface area contributed by atoms with Gasteiger partial charge in [-0.3, -0.25) is 0 Å². The van der Waals surface area contributed by atoms with E-state index >= 15 is 0 Å². The molecular weight excluding hydrogens is 374 g/mol. The maximum Gasteiger partial charge on any atom is 0.478 e. The standard InChI is InChI=1S/C14H22N9O5/c1-25-9-3-7(13-15-19-20-16-13)5-11(9)27-23(24)28-12-6-8(4-10(12)26-2)14-17-21-22-18-14/h7-12H,3-6H2,1-2H3,(H,15,16,19,20)(H,17,18,21,22)/q+1/t7-,8-,9+,10+,11-,12-/m1/s1. The van der Waals surface area contributed by atoms with Gasteiger partial charge in [0.15, 0.2) is 11.6 Å². The number of tetrazole rings is 2. The molecule has 2 N–H and O–H groups in total. The molecule has 14 nitrogen and oxygen atoms in total. The van der Waals surface area contributed by atoms with Gasteiger partial charge in [-0.1, -0.05) is 10.4 Å². The van der Waals surface area contributed by atoms with Crippen LogP contribution in [0.5, 0.6) is 0 Å². The van der Waals surface area contributed by atoms with Gasteiger partial charge in [0.2, 0.25) is 12.2 Å². The molecule has 0 saturated heterocycles. The van der Waals surface area contributed by atoms with E-state index in [9.17, 15) is 4.91 Å². The van der Waals surface area contributed by atoms with Crippen molar-refractivity contribution in [2.75, 3.05) is 14.2 Å². The van der Waals surface area contributed by atoms with Gasteiger partial charge in [0, 0.05) is 38.9 Å². The van der Waals surface area contributed by atoms with E-state index in [1.165, 1.54) is 0 Å². The minimum Gasteiger partial charge on any atom is -0.377 e. The Kier molecular flexibility index (Phi) is 5.38. The summed E-state index contributed by atoms with van der Waals surface area (Å²) < 4.78 is 10.9. The van der Waals surface area contributed by atoms with Crippen LogP contribution in [0.1, 0.15) is 49.2 Å². The Morgan fingerprint density at radius 1 is 0.786 bits per heavy atom. The summed E-state index contributed by atoms with van der Waals surface area (Å²) >= 11 is 0. The van der Waals surface area contributed by atoms with Crippen molar-refractivity contribution >= 4 is 0 Å². The van der Waals surface area contributed by atoms with Crippen LogP contribution in [0.3, 0.4) is 0 Å². The highest BCUT2D eigenvalue weighted by atomic mass is 17.0. The molecule has 0 bridgehead atoms. The molecule has 0 unspecified atom stereocenters. The fourth-order valence-corrected chi connectivity index (χ4v) is 3.99. The third kappa shape index (κ3) is 3.77. The van der Waals surface area contributed by atoms with E-state index in [1.54, 1.807) is 14.2 Å². The molecule has 6 atom stereocenters. The van der Waals surface area contributed by atoms with Gasteiger partial charge in [-0.25, -0.2) is 0 Å². The smallest absolute Gasteiger partial charge is 0.377 e. The second-order valence-corrected chi connectivity index (χ2v) is 6.94. The molecule has 2 fully saturated rings. The number of methoxy groups -OCH3 is 2. The molecule has 0 amide bonds. The molecule has 2 aliphatic rings. The average Bonchev–Trinajstić information content (AvgIpc) is 3.46. The van der Waals surface area contributed by atoms with Crippen LogP contribution in [0.25, 0.3) is 0 Å². The number of H-pyrrole nitrogens is 2. The first kappa shape index (κ1) is 18.6. The Morgan fingerprint density at radius 2 is 1.21 bits per heavy atom. The number of ether oxygens (including phenoxy) is 2. The number of nitrogens with zero attached hydrogens (tertiary/aromatic N) is 7. The predicted molar refractivity (Wildman–Crippen MR) is 87.3 cm³/mol. The second kappa shape index (κ2) is 8.10. The number of aromatic nitrogens is 8. The quantitative estimate of drug-likeness (QED) is 0.556. The van der Waals surface area contributed by atoms with Crippen LogP contribution >= 0.6 is 0 Å². The van der Waals surface area contributed by atoms with E-state index in [1.807, 2.05) is 0 Å². The fraction of sp³-hybridized carbons (Fsp3) is 0.857. The summed E-state index contributed by atoms with van der Waals surface area (Å²) in [6.45, 7) is 0. The third-order valence-electron chi connectivity index (χ3n) is 5.40. The van der Waals surface area contributed by atoms with E-state index in [0.717, 1.165) is 0 Å². The summed E-state index contributed by atoms with van der Waals surface area (Å²) in [5.74, 6) is 1.13. The summed E-state index contributed by atoms with van der Waals surface area (Å²) in [6.07, 6.45) is 0.753. The maximum atomic E-state index is 12.3. The molecule has 0 radical (unpaired) electrons. The van der Waals surface area contributed by atoms with Crippen molar-refractivity contribution in [3.05, 3.63) is 16.6 Å². The largest absolute Gasteiger partial charge is 0.478 e. The lowest BCUT2D eigenvalue weighted by Gasteiger charge is -2.14. The van der Waals surface area contributed by atoms with Gasteiger partial charge < -0.3 is 9.47 Å². The topological polar surface area (TPSA) is 166 Å². The maximum absolute atomic E-state index is 12.3. The zero-order valence-electron chi connectivity index (χ0n) is 15.5. The Labute approximate surface area is 159 Å². The van der Waals surface area contributed by atoms with Crippen LogP contribution in [0.4, 0.5) is 0 Å². The van der Waals surface area contributed by atoms with Gasteiger partial charge in [-0.05, 0) is 12.8 Å². The van der Waals surface area contributed by atoms with Crippen molar-refractivity contribution in [3.8, 4) is 0 Å². The highest BCUT2D eigenvalue weighted by Gasteiger charge is 2.47. The van der Waals surface area contributed by atoms with Crippen LogP contribution in [-0.2, 0) is 19.1 Å². The van der Waals surface area contributed by atoms with E-state index < -0.39 is 12.2 Å². The second-order valence-electron chi connectivity index (χ2n) is 6.94. The summed E-state index contributed by atoms with van der Waals surface area (Å²) in [4.78, 5) is 23.3. The molecule has 2 heterocycles. The van der Waals surface area contributed by atoms with Gasteiger partial charge in [0.1, 0.15) is 17.1 Å². The molecule has 4 rings (SSSR count). The summed E-state index contributed by atoms with van der Waals surface area (Å²) in [5.41, 5.74) is 0. The third-order valence-corrected chi connectivity index (χ3v) is 5.40. The number of rotatable bonds is 8. The molecule has 0 aromatic carbocycles. The van der Waals surface area contributed by atoms with Crippen molar-refractivity contribution in [2.45, 2.75) is 61.9 Å². The number of nitrogens with one attached hydrogen (secondary N) is 2. The van der Waals surface area contributed by atoms with Crippen LogP contribution in [0, 0.1) is 4.91 Å². The van der Waals surface area contributed by atoms with E-state index in [2.05, 4.69) is 41.2 Å². The summed E-state index contributed by atoms with van der Waals surface area (Å²) in [7, 11) is 3.14. The molecule has 28 heavy (non-hydrogen) atoms. The molecule has 2 aromatic heterocycles. The van der Waals surface area contributed by atoms with Crippen LogP contribution in [0.2, 0.25) is 0 Å². The van der Waals surface area contributed by atoms with Crippen LogP contribution < -0.4 is 0 Å². The number of hydrogen-bond donors (Lipinski definition) is 2. The monoisotopic (exact) mass is 396 g/mol. The zero-order chi connectivity index (χ0) is 19.5. The van der Waals surface area contributed by atoms with Gasteiger partial charge in [0.25, 0.3) is 0 Å². The van der Waals surface area contributed by atoms with Gasteiger partial charge in [-0.15, -0.1) is 20.4 Å². The Bertz CT molecular complexity index is 695. The molecule has 0 spiro atoms. The molecule has 14 heteroatoms. The van der Waals surface area contributed by atoms with E-state index in [0.29, 0.717) is 37.3 Å². The highest BCUT2D eigenvalue weighted by Crippen LogP contribution is 2.38. The normalized spacial score (nSPS) is 32.5. The average molecular weight is 396 g/mol. The van der Waals surface area contributed by atoms with Crippen molar-refractivity contribution in [1.82, 2.24) is 41.2 Å². The number of aromatic amines is 2. The Hall–Kier alpha value is -2.74. The molecule has 0 aliphatic heterocycles. The number of hydrogen-bond acceptors (Lipinski definition) is 11. The minimum atomic E-state index is -0.485. The molecule has 2 aliphatic carbocycles. The first-order valence-corrected chi connectivity index (χ1v) is 9.01. The first-order chi connectivity index (χ1) is 13.7. The van der Waals surface area contributed by atoms with Crippen molar-refractivity contribution < 1.29 is 24.2 Å². The lowest BCUT2D eigenvalue weighted by molar-refractivity contribution is -0.993. The van der Waals surface area contributed by atoms with Gasteiger partial charge in [-0.2, -0.15) is 20.1 Å². The van der Waals surface area contributed by atoms with Crippen LogP contribution in [-0.4, -0.2) is 85.0 Å². The lowest BCUT2D eigenvalue weighted by atomic mass is 10.1. The summed E-state index contributed by atoms with van der Waals surface area (Å²) in [6, 6.07) is 0. The van der Waals surface area contributed by atoms with Crippen molar-refractivity contribution in [2.24, 2.45) is 0 Å². The lowest BCUT2D eigenvalue weighted by Crippen LogP contribution is -2.34. The predicted octanol–water partition coefficient (Wildman–Crippen LogP) is -0.423. The molecular formula is C14H22N9O5+. The molecule has 2 saturated carbocycles. The zero-order valence-corrected chi connectivity index (χ0v) is 15.5. The SMILES string of the molecule is CO[C@H]1C[C@@H](c2nn[nH]n2)C[C@H]1O[N+](=O)O[C@@H]1C[C@H](c2nn[nH]n2)C[C@@H]1OC. The Morgan fingerprint density at radius 3 is 1.57 bits per heavy atom. The highest BCUT2D eigenvalue weighted by molar-refractivity contribution is 5.01. The van der Waals surface area contributed by atoms with Crippen molar-refractivity contribution in [1.29, 1.82) is 0 Å². The van der Waals surface area contributed by atoms with Gasteiger partial charge in [0.05, 0.1) is 0 Å². The van der Waals surface area contributed by atoms with Gasteiger partial charge >= 0.3 is 5.09 Å². The van der Waals surface area contributed by atoms with E-state index in [4.69, 9.17) is 19.1 Å². The first-order valence-electron chi connectivity index (χ1n) is 9.01. The van der Waals surface area contributed by atoms with Crippen LogP contribution in [0.15, 0.2) is 0 Å². The minimum absolute atomic E-state index is 0.0112. The fourth-order valence-electron chi connectivity index (χ4n) is 3.99. The van der Waals surface area contributed by atoms with E-state index in [-0.39, 0.29) is 29.1 Å². The summed E-state index contributed by atoms with van der Waals surface area (Å²) in [5, 5.41) is 28.2.